The van der Waals surface area contributed by atoms with Gasteiger partial charge >= 0.3 is 0 Å². The van der Waals surface area contributed by atoms with E-state index in [0.29, 0.717) is 5.92 Å². The number of thiazole rings is 1. The Hall–Kier alpha value is -0.460. The second kappa shape index (κ2) is 3.84. The van der Waals surface area contributed by atoms with Gasteiger partial charge in [0.25, 0.3) is 0 Å². The maximum Gasteiger partial charge on any atom is 0.177 e. The Morgan fingerprint density at radius 2 is 2.20 bits per heavy atom. The van der Waals surface area contributed by atoms with Crippen LogP contribution in [0, 0.1) is 6.92 Å². The lowest BCUT2D eigenvalue weighted by Gasteiger charge is -1.88. The molecule has 1 aliphatic carbocycles. The third kappa shape index (κ3) is 2.21. The van der Waals surface area contributed by atoms with Gasteiger partial charge in [-0.15, -0.1) is 11.3 Å². The molecule has 0 unspecified atom stereocenters. The molecular formula is C9H9N3S3. The molecule has 3 nitrogen and oxygen atoms in total. The van der Waals surface area contributed by atoms with E-state index in [1.165, 1.54) is 24.4 Å². The van der Waals surface area contributed by atoms with Crippen LogP contribution >= 0.6 is 34.6 Å². The maximum absolute atomic E-state index is 4.51. The summed E-state index contributed by atoms with van der Waals surface area (Å²) in [6.45, 7) is 2.01. The van der Waals surface area contributed by atoms with E-state index in [1.807, 2.05) is 6.92 Å². The van der Waals surface area contributed by atoms with Crippen molar-refractivity contribution in [1.82, 2.24) is 14.3 Å². The van der Waals surface area contributed by atoms with Crippen LogP contribution in [0.1, 0.15) is 30.3 Å². The van der Waals surface area contributed by atoms with Crippen molar-refractivity contribution in [2.24, 2.45) is 0 Å². The first kappa shape index (κ1) is 9.74. The van der Waals surface area contributed by atoms with Gasteiger partial charge < -0.3 is 0 Å². The van der Waals surface area contributed by atoms with Gasteiger partial charge in [-0.05, 0) is 43.1 Å². The summed E-state index contributed by atoms with van der Waals surface area (Å²) in [6, 6.07) is 0. The van der Waals surface area contributed by atoms with E-state index in [0.717, 1.165) is 20.2 Å². The zero-order chi connectivity index (χ0) is 10.3. The Morgan fingerprint density at radius 3 is 2.87 bits per heavy atom. The molecular weight excluding hydrogens is 246 g/mol. The summed E-state index contributed by atoms with van der Waals surface area (Å²) in [5.74, 6) is 1.68. The van der Waals surface area contributed by atoms with Crippen molar-refractivity contribution in [3.05, 3.63) is 16.9 Å². The number of rotatable bonds is 3. The molecule has 0 aromatic carbocycles. The summed E-state index contributed by atoms with van der Waals surface area (Å²) >= 11 is 4.79. The molecule has 6 heteroatoms. The highest BCUT2D eigenvalue weighted by Crippen LogP contribution is 2.40. The molecule has 15 heavy (non-hydrogen) atoms. The van der Waals surface area contributed by atoms with Gasteiger partial charge in [0, 0.05) is 17.0 Å². The van der Waals surface area contributed by atoms with Crippen LogP contribution in [0.2, 0.25) is 0 Å². The summed E-state index contributed by atoms with van der Waals surface area (Å²) in [4.78, 5) is 8.91. The molecule has 0 aliphatic heterocycles. The standard InChI is InChI=1S/C9H9N3S3/c1-5-4-13-8(10-5)14-9-11-7(12-15-9)6-2-3-6/h4,6H,2-3H2,1H3. The molecule has 0 atom stereocenters. The molecule has 0 radical (unpaired) electrons. The van der Waals surface area contributed by atoms with Crippen molar-refractivity contribution in [3.63, 3.8) is 0 Å². The topological polar surface area (TPSA) is 38.7 Å². The molecule has 2 aromatic rings. The van der Waals surface area contributed by atoms with Crippen LogP contribution in [-0.4, -0.2) is 14.3 Å². The average Bonchev–Trinajstić information content (AvgIpc) is 2.84. The number of aromatic nitrogens is 3. The van der Waals surface area contributed by atoms with Crippen LogP contribution < -0.4 is 0 Å². The third-order valence-electron chi connectivity index (χ3n) is 2.14. The van der Waals surface area contributed by atoms with E-state index in [1.54, 1.807) is 23.1 Å². The monoisotopic (exact) mass is 255 g/mol. The third-order valence-corrected chi connectivity index (χ3v) is 4.96. The SMILES string of the molecule is Cc1csc(Sc2nc(C3CC3)ns2)n1. The Labute approximate surface area is 100 Å². The second-order valence-corrected chi connectivity index (χ2v) is 6.65. The fraction of sp³-hybridized carbons (Fsp3) is 0.444. The van der Waals surface area contributed by atoms with Crippen molar-refractivity contribution in [2.45, 2.75) is 34.4 Å². The van der Waals surface area contributed by atoms with Crippen LogP contribution in [0.3, 0.4) is 0 Å². The van der Waals surface area contributed by atoms with Crippen molar-refractivity contribution >= 4 is 34.6 Å². The summed E-state index contributed by atoms with van der Waals surface area (Å²) in [7, 11) is 0. The van der Waals surface area contributed by atoms with E-state index in [4.69, 9.17) is 0 Å². The lowest BCUT2D eigenvalue weighted by atomic mass is 10.4. The first-order chi connectivity index (χ1) is 7.31. The first-order valence-electron chi connectivity index (χ1n) is 4.75. The number of aryl methyl sites for hydroxylation is 1. The van der Waals surface area contributed by atoms with Crippen molar-refractivity contribution in [3.8, 4) is 0 Å². The molecule has 1 fully saturated rings. The molecule has 1 saturated carbocycles. The fourth-order valence-electron chi connectivity index (χ4n) is 1.22. The molecule has 78 valence electrons. The minimum atomic E-state index is 0.647. The molecule has 0 bridgehead atoms. The molecule has 0 N–H and O–H groups in total. The largest absolute Gasteiger partial charge is 0.235 e. The van der Waals surface area contributed by atoms with Crippen LogP contribution in [0.4, 0.5) is 0 Å². The van der Waals surface area contributed by atoms with Crippen LogP contribution in [0.15, 0.2) is 14.1 Å². The van der Waals surface area contributed by atoms with E-state index >= 15 is 0 Å². The van der Waals surface area contributed by atoms with Gasteiger partial charge in [-0.25, -0.2) is 9.97 Å². The Balaban J connectivity index is 1.75. The van der Waals surface area contributed by atoms with Crippen molar-refractivity contribution in [1.29, 1.82) is 0 Å². The average molecular weight is 255 g/mol. The highest BCUT2D eigenvalue weighted by molar-refractivity contribution is 8.02. The van der Waals surface area contributed by atoms with Crippen molar-refractivity contribution in [2.75, 3.05) is 0 Å². The summed E-state index contributed by atoms with van der Waals surface area (Å²) in [5.41, 5.74) is 1.08. The van der Waals surface area contributed by atoms with E-state index in [9.17, 15) is 0 Å². The molecule has 0 amide bonds. The van der Waals surface area contributed by atoms with E-state index < -0.39 is 0 Å². The summed E-state index contributed by atoms with van der Waals surface area (Å²) < 4.78 is 6.45. The molecule has 0 saturated heterocycles. The van der Waals surface area contributed by atoms with Crippen LogP contribution in [-0.2, 0) is 0 Å². The Kier molecular flexibility index (Phi) is 2.50. The summed E-state index contributed by atoms with van der Waals surface area (Å²) in [5, 5.41) is 2.06. The smallest absolute Gasteiger partial charge is 0.177 e. The Morgan fingerprint density at radius 1 is 1.33 bits per heavy atom. The number of hydrogen-bond donors (Lipinski definition) is 0. The highest BCUT2D eigenvalue weighted by atomic mass is 32.2. The zero-order valence-corrected chi connectivity index (χ0v) is 10.6. The predicted molar refractivity (Wildman–Crippen MR) is 62.9 cm³/mol. The van der Waals surface area contributed by atoms with Gasteiger partial charge in [0.2, 0.25) is 0 Å². The molecule has 1 aliphatic rings. The first-order valence-corrected chi connectivity index (χ1v) is 7.22. The minimum absolute atomic E-state index is 0.647. The van der Waals surface area contributed by atoms with Gasteiger partial charge in [0.05, 0.1) is 0 Å². The summed E-state index contributed by atoms with van der Waals surface area (Å²) in [6.07, 6.45) is 2.52. The highest BCUT2D eigenvalue weighted by Gasteiger charge is 2.27. The molecule has 0 spiro atoms. The molecule has 2 heterocycles. The Bertz CT molecular complexity index is 472. The quantitative estimate of drug-likeness (QED) is 0.843. The number of nitrogens with zero attached hydrogens (tertiary/aromatic N) is 3. The maximum atomic E-state index is 4.51. The second-order valence-electron chi connectivity index (χ2n) is 3.55. The lowest BCUT2D eigenvalue weighted by molar-refractivity contribution is 0.958. The normalized spacial score (nSPS) is 15.8. The van der Waals surface area contributed by atoms with Crippen molar-refractivity contribution < 1.29 is 0 Å². The van der Waals surface area contributed by atoms with Gasteiger partial charge in [-0.2, -0.15) is 4.37 Å². The van der Waals surface area contributed by atoms with E-state index in [2.05, 4.69) is 19.7 Å². The van der Waals surface area contributed by atoms with Gasteiger partial charge in [0.15, 0.2) is 8.68 Å². The minimum Gasteiger partial charge on any atom is -0.235 e. The van der Waals surface area contributed by atoms with Gasteiger partial charge in [0.1, 0.15) is 5.82 Å². The molecule has 2 aromatic heterocycles. The van der Waals surface area contributed by atoms with Gasteiger partial charge in [-0.3, -0.25) is 0 Å². The predicted octanol–water partition coefficient (Wildman–Crippen LogP) is 3.33. The van der Waals surface area contributed by atoms with Gasteiger partial charge in [-0.1, -0.05) is 0 Å². The van der Waals surface area contributed by atoms with E-state index in [-0.39, 0.29) is 0 Å². The zero-order valence-electron chi connectivity index (χ0n) is 8.14. The lowest BCUT2D eigenvalue weighted by Crippen LogP contribution is -1.80. The molecule has 3 rings (SSSR count). The fourth-order valence-corrected chi connectivity index (χ4v) is 3.95. The van der Waals surface area contributed by atoms with Crippen LogP contribution in [0.25, 0.3) is 0 Å². The number of hydrogen-bond acceptors (Lipinski definition) is 6. The van der Waals surface area contributed by atoms with Crippen LogP contribution in [0.5, 0.6) is 0 Å².